The molecule has 5 aromatic carbocycles. The van der Waals surface area contributed by atoms with E-state index in [0.29, 0.717) is 5.92 Å². The Labute approximate surface area is 303 Å². The summed E-state index contributed by atoms with van der Waals surface area (Å²) in [7, 11) is -1.34. The number of pyridine rings is 1. The first-order valence-corrected chi connectivity index (χ1v) is 20.1. The van der Waals surface area contributed by atoms with Gasteiger partial charge in [-0.25, -0.2) is 0 Å². The van der Waals surface area contributed by atoms with Crippen LogP contribution in [-0.2, 0) is 26.5 Å². The van der Waals surface area contributed by atoms with Crippen LogP contribution in [-0.4, -0.2) is 22.6 Å². The van der Waals surface area contributed by atoms with Gasteiger partial charge in [0.25, 0.3) is 0 Å². The molecule has 0 saturated heterocycles. The van der Waals surface area contributed by atoms with E-state index in [2.05, 4.69) is 97.8 Å². The fourth-order valence-corrected chi connectivity index (χ4v) is 7.91. The van der Waals surface area contributed by atoms with Crippen molar-refractivity contribution in [2.24, 2.45) is 5.92 Å². The molecule has 0 atom stereocenters. The van der Waals surface area contributed by atoms with E-state index in [-0.39, 0.29) is 20.1 Å². The van der Waals surface area contributed by atoms with Crippen molar-refractivity contribution >= 4 is 46.2 Å². The van der Waals surface area contributed by atoms with Gasteiger partial charge in [0.2, 0.25) is 0 Å². The summed E-state index contributed by atoms with van der Waals surface area (Å²) >= 11 is 0. The number of benzene rings is 5. The van der Waals surface area contributed by atoms with Crippen molar-refractivity contribution in [3.8, 4) is 28.3 Å². The van der Waals surface area contributed by atoms with Crippen LogP contribution in [0.4, 0.5) is 0 Å². The normalized spacial score (nSPS) is 11.5. The zero-order valence-corrected chi connectivity index (χ0v) is 31.9. The van der Waals surface area contributed by atoms with E-state index in [1.165, 1.54) is 10.8 Å². The molecule has 3 aromatic heterocycles. The quantitative estimate of drug-likeness (QED) is 0.124. The van der Waals surface area contributed by atoms with E-state index < -0.39 is 8.07 Å². The van der Waals surface area contributed by atoms with Crippen LogP contribution in [0.15, 0.2) is 132 Å². The number of imidazole rings is 1. The predicted octanol–water partition coefficient (Wildman–Crippen LogP) is 10.7. The summed E-state index contributed by atoms with van der Waals surface area (Å²) in [6, 6.07) is 47.7. The minimum Gasteiger partial charge on any atom is -0.476 e. The maximum absolute atomic E-state index is 6.08. The molecule has 1 radical (unpaired) electrons. The van der Waals surface area contributed by atoms with Crippen LogP contribution in [0.3, 0.4) is 0 Å². The Kier molecular flexibility index (Phi) is 10.1. The monoisotopic (exact) mass is 834 g/mol. The molecule has 0 spiro atoms. The van der Waals surface area contributed by atoms with Crippen LogP contribution in [0.1, 0.15) is 19.4 Å². The number of furan rings is 1. The third kappa shape index (κ3) is 7.23. The molecule has 247 valence electrons. The van der Waals surface area contributed by atoms with Crippen LogP contribution in [0.2, 0.25) is 19.6 Å². The summed E-state index contributed by atoms with van der Waals surface area (Å²) in [4.78, 5) is 9.60. The average Bonchev–Trinajstić information content (AvgIpc) is 3.67. The van der Waals surface area contributed by atoms with Crippen LogP contribution in [0, 0.1) is 18.1 Å². The first-order chi connectivity index (χ1) is 23.3. The van der Waals surface area contributed by atoms with Crippen LogP contribution in [0.5, 0.6) is 0 Å². The number of hydrogen-bond donors (Lipinski definition) is 0. The Morgan fingerprint density at radius 1 is 0.755 bits per heavy atom. The number of rotatable bonds is 6. The van der Waals surface area contributed by atoms with Crippen molar-refractivity contribution in [2.75, 3.05) is 0 Å². The standard InChI is InChI=1S/C25H15N2O.C18H24NSi.Ir/c1-2-8-18(9-3-1)27-22-12-6-5-11-21(22)26-25(27)17-14-15-20-19-10-4-7-13-23(19)28-24(20)16-17;1-14(2)11-16-12-17(15-9-7-6-8-10-15)19-13-18(16)20(3,4)5;/h1-13,15-16H;6-9,12-14H,11H2,1-5H3;/q2*-1;. The molecule has 4 nitrogen and oxygen atoms in total. The second-order valence-corrected chi connectivity index (χ2v) is 18.7. The fraction of sp³-hybridized carbons (Fsp3) is 0.163. The molecule has 0 aliphatic heterocycles. The molecule has 0 fully saturated rings. The Hall–Kier alpha value is -4.61. The molecule has 0 N–H and O–H groups in total. The van der Waals surface area contributed by atoms with Gasteiger partial charge in [0.15, 0.2) is 0 Å². The van der Waals surface area contributed by atoms with E-state index in [1.807, 2.05) is 84.9 Å². The number of fused-ring (bicyclic) bond motifs is 4. The van der Waals surface area contributed by atoms with Gasteiger partial charge in [0.05, 0.1) is 30.5 Å². The largest absolute Gasteiger partial charge is 0.476 e. The molecular weight excluding hydrogens is 795 g/mol. The first kappa shape index (κ1) is 34.3. The number of hydrogen-bond acceptors (Lipinski definition) is 3. The predicted molar refractivity (Wildman–Crippen MR) is 203 cm³/mol. The molecule has 0 unspecified atom stereocenters. The van der Waals surface area contributed by atoms with Crippen molar-refractivity contribution in [1.29, 1.82) is 0 Å². The van der Waals surface area contributed by atoms with Gasteiger partial charge < -0.3 is 14.0 Å². The van der Waals surface area contributed by atoms with Gasteiger partial charge in [-0.2, -0.15) is 0 Å². The van der Waals surface area contributed by atoms with E-state index in [0.717, 1.165) is 67.7 Å². The van der Waals surface area contributed by atoms with Crippen molar-refractivity contribution in [3.05, 3.63) is 145 Å². The minimum absolute atomic E-state index is 0. The second-order valence-electron chi connectivity index (χ2n) is 13.7. The topological polar surface area (TPSA) is 43.9 Å². The summed E-state index contributed by atoms with van der Waals surface area (Å²) in [6.45, 7) is 11.7. The SMILES string of the molecule is CC(C)Cc1cc(-c2[c-]cccc2)ncc1[Si](C)(C)C.[Ir].[c-]1cc2c(cc1-c1nc3ccccc3n1-c1ccccc1)oc1ccccc12. The molecule has 0 bridgehead atoms. The summed E-state index contributed by atoms with van der Waals surface area (Å²) in [5.74, 6) is 1.52. The van der Waals surface area contributed by atoms with Crippen molar-refractivity contribution in [2.45, 2.75) is 39.9 Å². The Balaban J connectivity index is 0.000000177. The van der Waals surface area contributed by atoms with Gasteiger partial charge in [-0.15, -0.1) is 53.6 Å². The second kappa shape index (κ2) is 14.5. The fourth-order valence-electron chi connectivity index (χ4n) is 6.32. The summed E-state index contributed by atoms with van der Waals surface area (Å²) in [5, 5.41) is 3.67. The molecule has 0 aliphatic rings. The zero-order valence-electron chi connectivity index (χ0n) is 28.5. The zero-order chi connectivity index (χ0) is 33.3. The summed E-state index contributed by atoms with van der Waals surface area (Å²) in [6.07, 6.45) is 3.24. The molecule has 8 aromatic rings. The van der Waals surface area contributed by atoms with E-state index in [9.17, 15) is 0 Å². The Bertz CT molecular complexity index is 2340. The summed E-state index contributed by atoms with van der Waals surface area (Å²) < 4.78 is 8.25. The van der Waals surface area contributed by atoms with Crippen LogP contribution >= 0.6 is 0 Å². The molecular formula is C43H39IrN3OSi-2. The van der Waals surface area contributed by atoms with Crippen molar-refractivity contribution in [3.63, 3.8) is 0 Å². The van der Waals surface area contributed by atoms with E-state index >= 15 is 0 Å². The third-order valence-electron chi connectivity index (χ3n) is 8.54. The molecule has 0 aliphatic carbocycles. The molecule has 0 amide bonds. The maximum atomic E-state index is 6.08. The van der Waals surface area contributed by atoms with Crippen molar-refractivity contribution < 1.29 is 24.5 Å². The van der Waals surface area contributed by atoms with Crippen LogP contribution < -0.4 is 5.19 Å². The Morgan fingerprint density at radius 3 is 2.24 bits per heavy atom. The molecule has 8 rings (SSSR count). The average molecular weight is 834 g/mol. The van der Waals surface area contributed by atoms with Gasteiger partial charge in [0, 0.05) is 32.0 Å². The third-order valence-corrected chi connectivity index (χ3v) is 10.6. The minimum atomic E-state index is -1.34. The number of nitrogens with zero attached hydrogens (tertiary/aromatic N) is 3. The molecule has 6 heteroatoms. The van der Waals surface area contributed by atoms with Crippen LogP contribution in [0.25, 0.3) is 61.3 Å². The van der Waals surface area contributed by atoms with E-state index in [1.54, 1.807) is 0 Å². The first-order valence-electron chi connectivity index (χ1n) is 16.6. The van der Waals surface area contributed by atoms with Gasteiger partial charge in [-0.05, 0) is 58.9 Å². The molecule has 49 heavy (non-hydrogen) atoms. The van der Waals surface area contributed by atoms with Crippen molar-refractivity contribution in [1.82, 2.24) is 14.5 Å². The van der Waals surface area contributed by atoms with Gasteiger partial charge in [0.1, 0.15) is 5.58 Å². The van der Waals surface area contributed by atoms with Gasteiger partial charge in [-0.3, -0.25) is 4.98 Å². The molecule has 3 heterocycles. The smallest absolute Gasteiger partial charge is 0.123 e. The summed E-state index contributed by atoms with van der Waals surface area (Å²) in [5.41, 5.74) is 9.35. The number of para-hydroxylation sites is 4. The van der Waals surface area contributed by atoms with Gasteiger partial charge in [-0.1, -0.05) is 105 Å². The van der Waals surface area contributed by atoms with Gasteiger partial charge >= 0.3 is 0 Å². The maximum Gasteiger partial charge on any atom is 0.123 e. The van der Waals surface area contributed by atoms with E-state index in [4.69, 9.17) is 9.40 Å². The molecule has 0 saturated carbocycles. The number of aromatic nitrogens is 3. The Morgan fingerprint density at radius 2 is 1.49 bits per heavy atom.